The van der Waals surface area contributed by atoms with Gasteiger partial charge in [-0.2, -0.15) is 16.1 Å². The molecule has 0 saturated heterocycles. The molecule has 0 spiro atoms. The number of hydrazine groups is 1. The Kier molecular flexibility index (Phi) is 7.61. The third-order valence-corrected chi connectivity index (χ3v) is 6.38. The second-order valence-corrected chi connectivity index (χ2v) is 9.12. The standard InChI is InChI=1S/C19H23N3O4S2/c1-14-4-10-17(11-5-14)28(25,26)22(2)12-18(23)20-21-19(24)16-8-6-15(7-9-16)13-27-3/h4-11H,12-13H2,1-3H3,(H,20,23)(H,21,24). The van der Waals surface area contributed by atoms with Gasteiger partial charge in [0.05, 0.1) is 11.4 Å². The zero-order valence-corrected chi connectivity index (χ0v) is 17.6. The van der Waals surface area contributed by atoms with Crippen LogP contribution in [0.25, 0.3) is 0 Å². The first-order valence-electron chi connectivity index (χ1n) is 8.44. The van der Waals surface area contributed by atoms with E-state index in [9.17, 15) is 18.0 Å². The van der Waals surface area contributed by atoms with Crippen LogP contribution in [0, 0.1) is 6.92 Å². The SMILES string of the molecule is CSCc1ccc(C(=O)NNC(=O)CN(C)S(=O)(=O)c2ccc(C)cc2)cc1. The molecule has 0 fully saturated rings. The maximum atomic E-state index is 12.5. The van der Waals surface area contributed by atoms with Gasteiger partial charge in [-0.25, -0.2) is 8.42 Å². The Bertz CT molecular complexity index is 927. The van der Waals surface area contributed by atoms with Gasteiger partial charge in [0, 0.05) is 18.4 Å². The van der Waals surface area contributed by atoms with Crippen LogP contribution in [-0.4, -0.2) is 44.4 Å². The summed E-state index contributed by atoms with van der Waals surface area (Å²) in [5.74, 6) is -0.279. The molecule has 2 aromatic carbocycles. The molecule has 2 N–H and O–H groups in total. The van der Waals surface area contributed by atoms with Crippen LogP contribution >= 0.6 is 11.8 Å². The Morgan fingerprint density at radius 2 is 1.61 bits per heavy atom. The van der Waals surface area contributed by atoms with Crippen LogP contribution in [0.1, 0.15) is 21.5 Å². The molecule has 2 amide bonds. The normalized spacial score (nSPS) is 11.3. The number of likely N-dealkylation sites (N-methyl/N-ethyl adjacent to an activating group) is 1. The lowest BCUT2D eigenvalue weighted by molar-refractivity contribution is -0.121. The monoisotopic (exact) mass is 421 g/mol. The minimum Gasteiger partial charge on any atom is -0.272 e. The van der Waals surface area contributed by atoms with Crippen molar-refractivity contribution in [3.05, 3.63) is 65.2 Å². The Morgan fingerprint density at radius 3 is 2.18 bits per heavy atom. The highest BCUT2D eigenvalue weighted by molar-refractivity contribution is 7.97. The molecule has 9 heteroatoms. The van der Waals surface area contributed by atoms with Crippen LogP contribution in [0.5, 0.6) is 0 Å². The van der Waals surface area contributed by atoms with Crippen molar-refractivity contribution in [2.75, 3.05) is 19.8 Å². The van der Waals surface area contributed by atoms with E-state index in [0.717, 1.165) is 21.2 Å². The number of thioether (sulfide) groups is 1. The molecule has 2 aromatic rings. The number of nitrogens with one attached hydrogen (secondary N) is 2. The first kappa shape index (κ1) is 21.9. The Labute approximate surface area is 169 Å². The summed E-state index contributed by atoms with van der Waals surface area (Å²) in [6.45, 7) is 1.43. The molecule has 0 aliphatic carbocycles. The average molecular weight is 422 g/mol. The van der Waals surface area contributed by atoms with Gasteiger partial charge in [-0.3, -0.25) is 20.4 Å². The van der Waals surface area contributed by atoms with E-state index in [1.165, 1.54) is 19.2 Å². The third-order valence-electron chi connectivity index (χ3n) is 3.94. The molecular formula is C19H23N3O4S2. The van der Waals surface area contributed by atoms with Gasteiger partial charge in [-0.15, -0.1) is 0 Å². The summed E-state index contributed by atoms with van der Waals surface area (Å²) in [6, 6.07) is 13.4. The molecule has 0 aromatic heterocycles. The molecule has 7 nitrogen and oxygen atoms in total. The highest BCUT2D eigenvalue weighted by atomic mass is 32.2. The third kappa shape index (κ3) is 5.82. The number of hydrogen-bond donors (Lipinski definition) is 2. The van der Waals surface area contributed by atoms with Crippen molar-refractivity contribution >= 4 is 33.6 Å². The van der Waals surface area contributed by atoms with Crippen LogP contribution in [-0.2, 0) is 20.6 Å². The highest BCUT2D eigenvalue weighted by Crippen LogP contribution is 2.14. The second-order valence-electron chi connectivity index (χ2n) is 6.21. The number of sulfonamides is 1. The zero-order valence-electron chi connectivity index (χ0n) is 15.9. The number of hydrogen-bond acceptors (Lipinski definition) is 5. The summed E-state index contributed by atoms with van der Waals surface area (Å²) < 4.78 is 25.9. The Hall–Kier alpha value is -2.36. The van der Waals surface area contributed by atoms with E-state index in [1.54, 1.807) is 36.0 Å². The number of carbonyl (C=O) groups excluding carboxylic acids is 2. The molecule has 0 bridgehead atoms. The van der Waals surface area contributed by atoms with Crippen molar-refractivity contribution < 1.29 is 18.0 Å². The van der Waals surface area contributed by atoms with Crippen LogP contribution in [0.3, 0.4) is 0 Å². The summed E-state index contributed by atoms with van der Waals surface area (Å²) in [5, 5.41) is 0. The maximum absolute atomic E-state index is 12.5. The van der Waals surface area contributed by atoms with E-state index < -0.39 is 28.4 Å². The predicted molar refractivity (Wildman–Crippen MR) is 110 cm³/mol. The average Bonchev–Trinajstić information content (AvgIpc) is 2.67. The van der Waals surface area contributed by atoms with E-state index in [2.05, 4.69) is 10.9 Å². The van der Waals surface area contributed by atoms with E-state index >= 15 is 0 Å². The topological polar surface area (TPSA) is 95.6 Å². The lowest BCUT2D eigenvalue weighted by Gasteiger charge is -2.17. The van der Waals surface area contributed by atoms with Gasteiger partial charge in [-0.05, 0) is 43.0 Å². The van der Waals surface area contributed by atoms with Crippen molar-refractivity contribution in [3.63, 3.8) is 0 Å². The van der Waals surface area contributed by atoms with Gasteiger partial charge >= 0.3 is 0 Å². The van der Waals surface area contributed by atoms with Crippen LogP contribution < -0.4 is 10.9 Å². The van der Waals surface area contributed by atoms with Crippen LogP contribution in [0.4, 0.5) is 0 Å². The molecule has 0 atom stereocenters. The molecule has 0 aliphatic heterocycles. The van der Waals surface area contributed by atoms with Gasteiger partial charge < -0.3 is 0 Å². The highest BCUT2D eigenvalue weighted by Gasteiger charge is 2.23. The quantitative estimate of drug-likeness (QED) is 0.666. The van der Waals surface area contributed by atoms with E-state index in [-0.39, 0.29) is 4.90 Å². The molecular weight excluding hydrogens is 398 g/mol. The summed E-state index contributed by atoms with van der Waals surface area (Å²) >= 11 is 1.68. The van der Waals surface area contributed by atoms with Crippen molar-refractivity contribution in [1.29, 1.82) is 0 Å². The molecule has 28 heavy (non-hydrogen) atoms. The van der Waals surface area contributed by atoms with Crippen LogP contribution in [0.2, 0.25) is 0 Å². The fourth-order valence-electron chi connectivity index (χ4n) is 2.33. The summed E-state index contributed by atoms with van der Waals surface area (Å²) in [7, 11) is -2.49. The summed E-state index contributed by atoms with van der Waals surface area (Å²) in [5.41, 5.74) is 6.95. The van der Waals surface area contributed by atoms with Gasteiger partial charge in [0.25, 0.3) is 11.8 Å². The van der Waals surface area contributed by atoms with Gasteiger partial charge in [0.1, 0.15) is 0 Å². The first-order valence-corrected chi connectivity index (χ1v) is 11.3. The summed E-state index contributed by atoms with van der Waals surface area (Å²) in [6.07, 6.45) is 1.99. The molecule has 0 saturated carbocycles. The molecule has 0 radical (unpaired) electrons. The Balaban J connectivity index is 1.90. The molecule has 150 valence electrons. The van der Waals surface area contributed by atoms with Gasteiger partial charge in [0.2, 0.25) is 10.0 Å². The minimum absolute atomic E-state index is 0.0998. The first-order chi connectivity index (χ1) is 13.2. The zero-order chi connectivity index (χ0) is 20.7. The Morgan fingerprint density at radius 1 is 1.00 bits per heavy atom. The van der Waals surface area contributed by atoms with Crippen molar-refractivity contribution in [2.45, 2.75) is 17.6 Å². The van der Waals surface area contributed by atoms with Crippen LogP contribution in [0.15, 0.2) is 53.4 Å². The van der Waals surface area contributed by atoms with Crippen molar-refractivity contribution in [2.24, 2.45) is 0 Å². The largest absolute Gasteiger partial charge is 0.272 e. The van der Waals surface area contributed by atoms with Gasteiger partial charge in [-0.1, -0.05) is 29.8 Å². The fraction of sp³-hybridized carbons (Fsp3) is 0.263. The fourth-order valence-corrected chi connectivity index (χ4v) is 3.99. The van der Waals surface area contributed by atoms with Crippen molar-refractivity contribution in [3.8, 4) is 0 Å². The number of rotatable bonds is 7. The lowest BCUT2D eigenvalue weighted by atomic mass is 10.1. The molecule has 0 heterocycles. The van der Waals surface area contributed by atoms with Gasteiger partial charge in [0.15, 0.2) is 0 Å². The smallest absolute Gasteiger partial charge is 0.269 e. The summed E-state index contributed by atoms with van der Waals surface area (Å²) in [4.78, 5) is 24.2. The maximum Gasteiger partial charge on any atom is 0.269 e. The van der Waals surface area contributed by atoms with E-state index in [0.29, 0.717) is 5.56 Å². The van der Waals surface area contributed by atoms with Crippen molar-refractivity contribution in [1.82, 2.24) is 15.2 Å². The number of benzene rings is 2. The predicted octanol–water partition coefficient (Wildman–Crippen LogP) is 1.94. The second kappa shape index (κ2) is 9.72. The molecule has 2 rings (SSSR count). The number of aryl methyl sites for hydroxylation is 1. The number of carbonyl (C=O) groups is 2. The lowest BCUT2D eigenvalue weighted by Crippen LogP contribution is -2.46. The molecule has 0 aliphatic rings. The molecule has 0 unspecified atom stereocenters. The number of nitrogens with zero attached hydrogens (tertiary/aromatic N) is 1. The number of amides is 2. The minimum atomic E-state index is -3.79. The van der Waals surface area contributed by atoms with E-state index in [1.807, 2.05) is 25.3 Å². The van der Waals surface area contributed by atoms with E-state index in [4.69, 9.17) is 0 Å².